The number of nitrogens with zero attached hydrogens (tertiary/aromatic N) is 2. The highest BCUT2D eigenvalue weighted by Crippen LogP contribution is 2.60. The number of hydrogen-bond donors (Lipinski definition) is 3. The van der Waals surface area contributed by atoms with Crippen LogP contribution in [0.4, 0.5) is 0 Å². The topological polar surface area (TPSA) is 151 Å². The lowest BCUT2D eigenvalue weighted by atomic mass is 9.48. The Bertz CT molecular complexity index is 1110. The zero-order valence-electron chi connectivity index (χ0n) is 22.9. The third-order valence-electron chi connectivity index (χ3n) is 9.48. The van der Waals surface area contributed by atoms with Gasteiger partial charge in [0.1, 0.15) is 25.9 Å². The number of aliphatic hydroxyl groups is 1. The van der Waals surface area contributed by atoms with Gasteiger partial charge in [0.05, 0.1) is 25.9 Å². The molecule has 1 amide bonds. The van der Waals surface area contributed by atoms with Crippen molar-refractivity contribution < 1.29 is 48.7 Å². The Morgan fingerprint density at radius 1 is 0.925 bits per heavy atom. The molecule has 0 unspecified atom stereocenters. The molecular formula is C29H39N2O9+. The van der Waals surface area contributed by atoms with Gasteiger partial charge in [0, 0.05) is 0 Å². The van der Waals surface area contributed by atoms with Crippen LogP contribution in [0, 0.1) is 17.8 Å². The van der Waals surface area contributed by atoms with Crippen molar-refractivity contribution in [3.63, 3.8) is 0 Å². The Morgan fingerprint density at radius 3 is 1.90 bits per heavy atom. The molecule has 11 nitrogen and oxygen atoms in total. The van der Waals surface area contributed by atoms with Gasteiger partial charge in [0.15, 0.2) is 12.2 Å². The van der Waals surface area contributed by atoms with Crippen molar-refractivity contribution >= 4 is 23.8 Å². The number of amides is 1. The van der Waals surface area contributed by atoms with E-state index in [1.807, 2.05) is 12.1 Å². The summed E-state index contributed by atoms with van der Waals surface area (Å²) >= 11 is 0. The maximum atomic E-state index is 12.8. The number of aliphatic carboxylic acids is 2. The molecule has 4 saturated carbocycles. The van der Waals surface area contributed by atoms with Crippen molar-refractivity contribution in [2.75, 3.05) is 39.8 Å². The number of hydroxylamine groups is 3. The largest absolute Gasteiger partial charge is 0.484 e. The summed E-state index contributed by atoms with van der Waals surface area (Å²) in [6.07, 6.45) is 5.88. The number of carboxylic acid groups (broad SMARTS) is 2. The molecule has 0 spiro atoms. The zero-order chi connectivity index (χ0) is 28.7. The van der Waals surface area contributed by atoms with E-state index in [9.17, 15) is 24.3 Å². The molecule has 1 heterocycles. The van der Waals surface area contributed by atoms with E-state index in [1.54, 1.807) is 11.9 Å². The van der Waals surface area contributed by atoms with Crippen LogP contribution in [-0.4, -0.2) is 94.1 Å². The maximum absolute atomic E-state index is 12.8. The first kappa shape index (κ1) is 28.4. The third-order valence-corrected chi connectivity index (χ3v) is 9.48. The number of carbonyl (C=O) groups excluding carboxylic acids is 2. The molecule has 0 aromatic heterocycles. The number of benzene rings is 1. The second kappa shape index (κ2) is 10.7. The molecule has 1 aromatic carbocycles. The van der Waals surface area contributed by atoms with E-state index >= 15 is 0 Å². The average molecular weight is 560 g/mol. The van der Waals surface area contributed by atoms with Gasteiger partial charge in [-0.3, -0.25) is 19.2 Å². The lowest BCUT2D eigenvalue weighted by molar-refractivity contribution is -1.08. The molecule has 5 fully saturated rings. The van der Waals surface area contributed by atoms with Crippen molar-refractivity contribution in [2.24, 2.45) is 17.8 Å². The second-order valence-electron chi connectivity index (χ2n) is 12.7. The van der Waals surface area contributed by atoms with Crippen molar-refractivity contribution in [1.82, 2.24) is 4.90 Å². The summed E-state index contributed by atoms with van der Waals surface area (Å²) in [5, 5.41) is 28.4. The summed E-state index contributed by atoms with van der Waals surface area (Å²) in [6, 6.07) is 8.25. The van der Waals surface area contributed by atoms with Crippen LogP contribution in [0.5, 0.6) is 5.75 Å². The van der Waals surface area contributed by atoms with Crippen molar-refractivity contribution in [3.8, 4) is 5.75 Å². The summed E-state index contributed by atoms with van der Waals surface area (Å²) < 4.78 is 5.48. The van der Waals surface area contributed by atoms with Gasteiger partial charge in [0.25, 0.3) is 5.91 Å². The van der Waals surface area contributed by atoms with Gasteiger partial charge < -0.3 is 25.0 Å². The normalized spacial score (nSPS) is 28.6. The van der Waals surface area contributed by atoms with Crippen LogP contribution < -0.4 is 4.74 Å². The molecule has 1 saturated heterocycles. The van der Waals surface area contributed by atoms with E-state index in [4.69, 9.17) is 19.8 Å². The molecule has 3 N–H and O–H groups in total. The summed E-state index contributed by atoms with van der Waals surface area (Å²) in [7, 11) is 1.56. The summed E-state index contributed by atoms with van der Waals surface area (Å²) in [6.45, 7) is 0.735. The number of hydrogen-bond acceptors (Lipinski definition) is 7. The van der Waals surface area contributed by atoms with Gasteiger partial charge >= 0.3 is 17.9 Å². The molecule has 4 aliphatic carbocycles. The fourth-order valence-electron chi connectivity index (χ4n) is 7.83. The summed E-state index contributed by atoms with van der Waals surface area (Å²) in [5.74, 6) is -1.33. The number of carbonyl (C=O) groups is 4. The lowest BCUT2D eigenvalue weighted by Gasteiger charge is -2.57. The Balaban J connectivity index is 1.11. The van der Waals surface area contributed by atoms with Crippen LogP contribution in [0.15, 0.2) is 24.3 Å². The fraction of sp³-hybridized carbons (Fsp3) is 0.655. The zero-order valence-corrected chi connectivity index (χ0v) is 22.9. The first-order chi connectivity index (χ1) is 18.9. The van der Waals surface area contributed by atoms with Gasteiger partial charge in [-0.2, -0.15) is 0 Å². The van der Waals surface area contributed by atoms with E-state index in [0.717, 1.165) is 17.8 Å². The van der Waals surface area contributed by atoms with Crippen LogP contribution in [0.25, 0.3) is 0 Å². The van der Waals surface area contributed by atoms with E-state index < -0.39 is 36.4 Å². The Morgan fingerprint density at radius 2 is 1.43 bits per heavy atom. The highest BCUT2D eigenvalue weighted by Gasteiger charge is 2.51. The molecule has 40 heavy (non-hydrogen) atoms. The molecule has 1 aromatic rings. The van der Waals surface area contributed by atoms with Gasteiger partial charge in [-0.15, -0.1) is 4.65 Å². The SMILES string of the molecule is C[N+]1(OC(=O)C(O)(CC(=O)O)CC(=O)O)CCN(C(=O)COc2ccc(C34CC5CC(CC(C5)C3)C4)cc2)CC1. The highest BCUT2D eigenvalue weighted by molar-refractivity contribution is 5.89. The molecule has 11 heteroatoms. The van der Waals surface area contributed by atoms with Gasteiger partial charge in [0.2, 0.25) is 0 Å². The van der Waals surface area contributed by atoms with Crippen molar-refractivity contribution in [2.45, 2.75) is 62.4 Å². The monoisotopic (exact) mass is 559 g/mol. The number of ether oxygens (including phenoxy) is 1. The number of rotatable bonds is 10. The smallest absolute Gasteiger partial charge is 0.398 e. The van der Waals surface area contributed by atoms with Crippen LogP contribution in [0.3, 0.4) is 0 Å². The fourth-order valence-corrected chi connectivity index (χ4v) is 7.83. The van der Waals surface area contributed by atoms with Gasteiger partial charge in [-0.05, 0) is 79.4 Å². The van der Waals surface area contributed by atoms with Crippen LogP contribution >= 0.6 is 0 Å². The van der Waals surface area contributed by atoms with E-state index in [0.29, 0.717) is 11.2 Å². The number of piperazine rings is 1. The first-order valence-electron chi connectivity index (χ1n) is 14.1. The molecule has 1 aliphatic heterocycles. The van der Waals surface area contributed by atoms with Crippen molar-refractivity contribution in [3.05, 3.63) is 29.8 Å². The highest BCUT2D eigenvalue weighted by atomic mass is 16.8. The number of carboxylic acids is 2. The molecule has 0 radical (unpaired) electrons. The minimum absolute atomic E-state index is 0.128. The Hall–Kier alpha value is -3.18. The number of likely N-dealkylation sites (N-methyl/N-ethyl adjacent to an activating group) is 1. The van der Waals surface area contributed by atoms with Gasteiger partial charge in [-0.1, -0.05) is 12.1 Å². The molecule has 5 aliphatic rings. The van der Waals surface area contributed by atoms with Crippen LogP contribution in [-0.2, 0) is 29.4 Å². The number of quaternary nitrogens is 1. The summed E-state index contributed by atoms with van der Waals surface area (Å²) in [5.41, 5.74) is -0.987. The lowest BCUT2D eigenvalue weighted by Crippen LogP contribution is -2.61. The maximum Gasteiger partial charge on any atom is 0.398 e. The third kappa shape index (κ3) is 5.95. The van der Waals surface area contributed by atoms with E-state index in [1.165, 1.54) is 44.1 Å². The minimum Gasteiger partial charge on any atom is -0.484 e. The molecule has 218 valence electrons. The predicted molar refractivity (Wildman–Crippen MR) is 140 cm³/mol. The minimum atomic E-state index is -2.69. The predicted octanol–water partition coefficient (Wildman–Crippen LogP) is 1.96. The summed E-state index contributed by atoms with van der Waals surface area (Å²) in [4.78, 5) is 54.5. The van der Waals surface area contributed by atoms with Gasteiger partial charge in [-0.25, -0.2) is 4.79 Å². The molecular weight excluding hydrogens is 520 g/mol. The first-order valence-corrected chi connectivity index (χ1v) is 14.1. The second-order valence-corrected chi connectivity index (χ2v) is 12.7. The molecule has 0 atom stereocenters. The van der Waals surface area contributed by atoms with E-state index in [-0.39, 0.29) is 43.3 Å². The standard InChI is InChI=1S/C29H38N2O9/c1-31(40-27(37)29(38,16-25(33)34)17-26(35)36)8-6-30(7-9-31)24(32)18-39-23-4-2-22(3-5-23)28-13-19-10-20(14-28)12-21(11-19)15-28/h2-5,19-21,38H,6-18H2,1H3,(H-,33,34,35,36)/p+1. The quantitative estimate of drug-likeness (QED) is 0.366. The Kier molecular flexibility index (Phi) is 7.56. The van der Waals surface area contributed by atoms with E-state index in [2.05, 4.69) is 12.1 Å². The average Bonchev–Trinajstić information content (AvgIpc) is 2.86. The van der Waals surface area contributed by atoms with Crippen LogP contribution in [0.1, 0.15) is 56.9 Å². The van der Waals surface area contributed by atoms with Crippen molar-refractivity contribution in [1.29, 1.82) is 0 Å². The molecule has 6 rings (SSSR count). The molecule has 4 bridgehead atoms. The van der Waals surface area contributed by atoms with Crippen LogP contribution in [0.2, 0.25) is 0 Å². The Labute approximate surface area is 233 Å².